The zero-order valence-electron chi connectivity index (χ0n) is 25.8. The average Bonchev–Trinajstić information content (AvgIpc) is 3.03. The van der Waals surface area contributed by atoms with Gasteiger partial charge in [0, 0.05) is 41.6 Å². The number of Topliss-reactive ketones (excluding diaryl/α,β-unsaturated/α-hetero) is 1. The highest BCUT2D eigenvalue weighted by Crippen LogP contribution is 2.52. The van der Waals surface area contributed by atoms with Crippen LogP contribution in [0.3, 0.4) is 0 Å². The van der Waals surface area contributed by atoms with Crippen molar-refractivity contribution in [1.29, 1.82) is 0 Å². The summed E-state index contributed by atoms with van der Waals surface area (Å²) in [5.41, 5.74) is -2.43. The Morgan fingerprint density at radius 1 is 1.02 bits per heavy atom. The Kier molecular flexibility index (Phi) is 8.53. The maximum atomic E-state index is 13.9. The molecule has 3 aromatic carbocycles. The molecule has 12 nitrogen and oxygen atoms in total. The summed E-state index contributed by atoms with van der Waals surface area (Å²) < 4.78 is 17.6. The molecule has 2 aliphatic carbocycles. The largest absolute Gasteiger partial charge is 0.507 e. The molecule has 0 bridgehead atoms. The smallest absolute Gasteiger partial charge is 0.202 e. The van der Waals surface area contributed by atoms with Crippen LogP contribution in [0.15, 0.2) is 48.5 Å². The normalized spacial score (nSPS) is 26.4. The lowest BCUT2D eigenvalue weighted by molar-refractivity contribution is -0.248. The fourth-order valence-electron chi connectivity index (χ4n) is 6.62. The van der Waals surface area contributed by atoms with Gasteiger partial charge in [-0.2, -0.15) is 0 Å². The van der Waals surface area contributed by atoms with Crippen molar-refractivity contribution >= 4 is 40.4 Å². The molecule has 3 aromatic rings. The Morgan fingerprint density at radius 3 is 2.40 bits per heavy atom. The van der Waals surface area contributed by atoms with E-state index in [1.807, 2.05) is 30.3 Å². The van der Waals surface area contributed by atoms with Gasteiger partial charge in [0.1, 0.15) is 29.0 Å². The van der Waals surface area contributed by atoms with E-state index in [2.05, 4.69) is 10.6 Å². The van der Waals surface area contributed by atoms with Crippen molar-refractivity contribution < 1.29 is 49.0 Å². The summed E-state index contributed by atoms with van der Waals surface area (Å²) in [5, 5.41) is 52.0. The van der Waals surface area contributed by atoms with Crippen LogP contribution in [0.5, 0.6) is 17.2 Å². The van der Waals surface area contributed by atoms with Crippen molar-refractivity contribution in [2.75, 3.05) is 12.4 Å². The van der Waals surface area contributed by atoms with Gasteiger partial charge in [-0.25, -0.2) is 0 Å². The number of anilines is 1. The SMILES string of the molecule is COc1cccc2c1C(=O)c1c(O)c3c(c(O)c1C2=O)CC(O)(C(C)=O)CC3OC1CC(NC(=S)Nc2ccccc2)C(O)C(C)O1. The molecule has 6 atom stereocenters. The summed E-state index contributed by atoms with van der Waals surface area (Å²) in [6.45, 7) is 2.82. The summed E-state index contributed by atoms with van der Waals surface area (Å²) in [6.07, 6.45) is -4.85. The van der Waals surface area contributed by atoms with Crippen LogP contribution in [0.25, 0.3) is 0 Å². The van der Waals surface area contributed by atoms with Crippen LogP contribution < -0.4 is 15.4 Å². The Hall–Kier alpha value is -4.40. The minimum atomic E-state index is -2.04. The van der Waals surface area contributed by atoms with Crippen LogP contribution >= 0.6 is 12.2 Å². The van der Waals surface area contributed by atoms with E-state index in [1.165, 1.54) is 32.2 Å². The van der Waals surface area contributed by atoms with E-state index >= 15 is 0 Å². The summed E-state index contributed by atoms with van der Waals surface area (Å²) >= 11 is 5.46. The minimum absolute atomic E-state index is 0.0247. The summed E-state index contributed by atoms with van der Waals surface area (Å²) in [4.78, 5) is 40.3. The molecule has 0 aromatic heterocycles. The van der Waals surface area contributed by atoms with Crippen LogP contribution in [-0.4, -0.2) is 80.1 Å². The van der Waals surface area contributed by atoms with Crippen molar-refractivity contribution in [1.82, 2.24) is 5.32 Å². The predicted molar refractivity (Wildman–Crippen MR) is 172 cm³/mol. The van der Waals surface area contributed by atoms with Gasteiger partial charge in [0.15, 0.2) is 23.0 Å². The molecule has 3 aliphatic rings. The maximum Gasteiger partial charge on any atom is 0.202 e. The molecule has 1 aliphatic heterocycles. The van der Waals surface area contributed by atoms with E-state index in [1.54, 1.807) is 6.92 Å². The number of carbonyl (C=O) groups is 3. The highest BCUT2D eigenvalue weighted by molar-refractivity contribution is 7.80. The monoisotopic (exact) mass is 662 g/mol. The molecule has 246 valence electrons. The standard InChI is InChI=1S/C34H34N2O10S/c1-15-28(38)20(36-33(47)35-17-8-5-4-6-9-17)12-23(45-15)46-22-14-34(43,16(2)37)13-19-25(22)32(42)27-26(30(19)40)29(39)18-10-7-11-21(44-3)24(18)31(27)41/h4-11,15,20,22-23,28,38,40,42-43H,12-14H2,1-3H3,(H2,35,36,47). The zero-order chi connectivity index (χ0) is 33.8. The molecule has 47 heavy (non-hydrogen) atoms. The molecular formula is C34H34N2O10S. The number of benzene rings is 3. The second-order valence-electron chi connectivity index (χ2n) is 12.0. The lowest BCUT2D eigenvalue weighted by Crippen LogP contribution is -2.56. The third-order valence-corrected chi connectivity index (χ3v) is 9.32. The van der Waals surface area contributed by atoms with E-state index in [0.29, 0.717) is 0 Å². The van der Waals surface area contributed by atoms with Gasteiger partial charge in [0.2, 0.25) is 5.78 Å². The molecule has 0 spiro atoms. The number of ketones is 3. The van der Waals surface area contributed by atoms with Crippen molar-refractivity contribution in [2.24, 2.45) is 0 Å². The van der Waals surface area contributed by atoms with Gasteiger partial charge in [-0.1, -0.05) is 30.3 Å². The summed E-state index contributed by atoms with van der Waals surface area (Å²) in [6, 6.07) is 13.0. The van der Waals surface area contributed by atoms with Crippen molar-refractivity contribution in [3.63, 3.8) is 0 Å². The Bertz CT molecular complexity index is 1800. The number of phenols is 2. The van der Waals surface area contributed by atoms with Crippen LogP contribution in [0.4, 0.5) is 5.69 Å². The first kappa shape index (κ1) is 32.5. The first-order valence-electron chi connectivity index (χ1n) is 15.1. The number of aromatic hydroxyl groups is 2. The fourth-order valence-corrected chi connectivity index (χ4v) is 6.89. The number of para-hydroxylation sites is 1. The Balaban J connectivity index is 1.36. The van der Waals surface area contributed by atoms with Crippen molar-refractivity contribution in [3.05, 3.63) is 81.9 Å². The average molecular weight is 663 g/mol. The van der Waals surface area contributed by atoms with Gasteiger partial charge < -0.3 is 45.3 Å². The highest BCUT2D eigenvalue weighted by Gasteiger charge is 2.49. The lowest BCUT2D eigenvalue weighted by atomic mass is 9.72. The Labute approximate surface area is 275 Å². The molecular weight excluding hydrogens is 628 g/mol. The highest BCUT2D eigenvalue weighted by atomic mass is 32.1. The van der Waals surface area contributed by atoms with E-state index in [9.17, 15) is 34.8 Å². The van der Waals surface area contributed by atoms with Crippen LogP contribution in [0.2, 0.25) is 0 Å². The maximum absolute atomic E-state index is 13.9. The molecule has 0 saturated carbocycles. The number of rotatable bonds is 6. The number of carbonyl (C=O) groups excluding carboxylic acids is 3. The number of ether oxygens (including phenoxy) is 3. The Morgan fingerprint density at radius 2 is 1.72 bits per heavy atom. The predicted octanol–water partition coefficient (Wildman–Crippen LogP) is 3.06. The fraction of sp³-hybridized carbons (Fsp3) is 0.353. The number of hydrogen-bond donors (Lipinski definition) is 6. The number of aliphatic hydroxyl groups is 2. The van der Waals surface area contributed by atoms with Crippen LogP contribution in [-0.2, 0) is 20.7 Å². The van der Waals surface area contributed by atoms with Crippen molar-refractivity contribution in [2.45, 2.75) is 69.4 Å². The van der Waals surface area contributed by atoms with Gasteiger partial charge in [-0.05, 0) is 44.3 Å². The van der Waals surface area contributed by atoms with E-state index in [0.717, 1.165) is 5.69 Å². The second-order valence-corrected chi connectivity index (χ2v) is 12.5. The zero-order valence-corrected chi connectivity index (χ0v) is 26.6. The topological polar surface area (TPSA) is 184 Å². The molecule has 0 radical (unpaired) electrons. The third-order valence-electron chi connectivity index (χ3n) is 9.10. The van der Waals surface area contributed by atoms with Gasteiger partial charge in [-0.3, -0.25) is 14.4 Å². The molecule has 1 heterocycles. The first-order chi connectivity index (χ1) is 22.3. The molecule has 13 heteroatoms. The number of methoxy groups -OCH3 is 1. The number of phenolic OH excluding ortho intramolecular Hbond substituents is 2. The first-order valence-corrected chi connectivity index (χ1v) is 15.5. The van der Waals surface area contributed by atoms with Crippen LogP contribution in [0.1, 0.15) is 75.8 Å². The van der Waals surface area contributed by atoms with Crippen molar-refractivity contribution in [3.8, 4) is 17.2 Å². The number of aliphatic hydroxyl groups excluding tert-OH is 1. The quantitative estimate of drug-likeness (QED) is 0.131. The van der Waals surface area contributed by atoms with Gasteiger partial charge >= 0.3 is 0 Å². The van der Waals surface area contributed by atoms with Gasteiger partial charge in [0.05, 0.1) is 42.0 Å². The summed E-state index contributed by atoms with van der Waals surface area (Å²) in [7, 11) is 1.34. The molecule has 1 fully saturated rings. The number of nitrogens with one attached hydrogen (secondary N) is 2. The minimum Gasteiger partial charge on any atom is -0.507 e. The van der Waals surface area contributed by atoms with Gasteiger partial charge in [0.25, 0.3) is 0 Å². The van der Waals surface area contributed by atoms with E-state index < -0.39 is 82.6 Å². The number of hydrogen-bond acceptors (Lipinski definition) is 11. The molecule has 6 N–H and O–H groups in total. The molecule has 6 unspecified atom stereocenters. The molecule has 0 amide bonds. The van der Waals surface area contributed by atoms with Crippen LogP contribution in [0, 0.1) is 0 Å². The number of thiocarbonyl (C=S) groups is 1. The lowest BCUT2D eigenvalue weighted by Gasteiger charge is -2.43. The summed E-state index contributed by atoms with van der Waals surface area (Å²) in [5.74, 6) is -3.25. The second kappa shape index (κ2) is 12.3. The molecule has 1 saturated heterocycles. The third kappa shape index (κ3) is 5.63. The number of fused-ring (bicyclic) bond motifs is 3. The van der Waals surface area contributed by atoms with E-state index in [4.69, 9.17) is 26.4 Å². The van der Waals surface area contributed by atoms with E-state index in [-0.39, 0.29) is 46.0 Å². The van der Waals surface area contributed by atoms with Gasteiger partial charge in [-0.15, -0.1) is 0 Å². The molecule has 6 rings (SSSR count).